The van der Waals surface area contributed by atoms with Gasteiger partial charge in [-0.2, -0.15) is 0 Å². The fraction of sp³-hybridized carbons (Fsp3) is 0.214. The molecule has 18 heavy (non-hydrogen) atoms. The Kier molecular flexibility index (Phi) is 4.04. The van der Waals surface area contributed by atoms with E-state index in [1.54, 1.807) is 13.2 Å². The van der Waals surface area contributed by atoms with Crippen molar-refractivity contribution in [2.45, 2.75) is 13.3 Å². The van der Waals surface area contributed by atoms with Gasteiger partial charge in [0.2, 0.25) is 0 Å². The minimum Gasteiger partial charge on any atom is -0.496 e. The smallest absolute Gasteiger partial charge is 0.168 e. The van der Waals surface area contributed by atoms with E-state index in [1.165, 1.54) is 11.3 Å². The van der Waals surface area contributed by atoms with Crippen molar-refractivity contribution in [3.8, 4) is 5.75 Å². The van der Waals surface area contributed by atoms with Crippen molar-refractivity contribution < 1.29 is 9.53 Å². The first kappa shape index (κ1) is 13.1. The molecular weight excluding hydrogens is 268 g/mol. The van der Waals surface area contributed by atoms with Gasteiger partial charge >= 0.3 is 0 Å². The molecule has 1 aromatic heterocycles. The summed E-state index contributed by atoms with van der Waals surface area (Å²) in [6, 6.07) is 9.18. The first-order valence-electron chi connectivity index (χ1n) is 5.52. The predicted molar refractivity (Wildman–Crippen MR) is 75.1 cm³/mol. The van der Waals surface area contributed by atoms with Crippen LogP contribution >= 0.6 is 22.9 Å². The lowest BCUT2D eigenvalue weighted by Crippen LogP contribution is -2.03. The zero-order valence-corrected chi connectivity index (χ0v) is 11.8. The lowest BCUT2D eigenvalue weighted by Gasteiger charge is -2.06. The number of rotatable bonds is 4. The number of carbonyl (C=O) groups is 1. The lowest BCUT2D eigenvalue weighted by molar-refractivity contribution is 0.0993. The van der Waals surface area contributed by atoms with Gasteiger partial charge in [-0.1, -0.05) is 11.6 Å². The highest BCUT2D eigenvalue weighted by molar-refractivity contribution is 7.16. The average Bonchev–Trinajstić information content (AvgIpc) is 2.74. The maximum absolute atomic E-state index is 12.1. The van der Waals surface area contributed by atoms with E-state index in [1.807, 2.05) is 31.2 Å². The molecule has 0 aliphatic carbocycles. The number of halogens is 1. The van der Waals surface area contributed by atoms with Crippen molar-refractivity contribution in [3.05, 3.63) is 50.7 Å². The molecule has 2 aromatic rings. The molecule has 4 heteroatoms. The van der Waals surface area contributed by atoms with Crippen LogP contribution in [-0.4, -0.2) is 12.9 Å². The van der Waals surface area contributed by atoms with E-state index >= 15 is 0 Å². The van der Waals surface area contributed by atoms with Crippen LogP contribution in [0.15, 0.2) is 30.3 Å². The topological polar surface area (TPSA) is 26.3 Å². The van der Waals surface area contributed by atoms with Crippen molar-refractivity contribution in [2.75, 3.05) is 7.11 Å². The Morgan fingerprint density at radius 3 is 2.67 bits per heavy atom. The average molecular weight is 281 g/mol. The quantitative estimate of drug-likeness (QED) is 0.787. The minimum absolute atomic E-state index is 0.0965. The number of hydrogen-bond acceptors (Lipinski definition) is 3. The standard InChI is InChI=1S/C14H13ClO2S/c1-9-7-10(3-5-13(9)17-2)12(16)8-11-4-6-14(15)18-11/h3-7H,8H2,1-2H3. The van der Waals surface area contributed by atoms with Crippen molar-refractivity contribution in [3.63, 3.8) is 0 Å². The van der Waals surface area contributed by atoms with Crippen LogP contribution in [0.2, 0.25) is 4.34 Å². The lowest BCUT2D eigenvalue weighted by atomic mass is 10.0. The molecule has 0 bridgehead atoms. The zero-order valence-electron chi connectivity index (χ0n) is 10.2. The van der Waals surface area contributed by atoms with Gasteiger partial charge in [-0.25, -0.2) is 0 Å². The fourth-order valence-corrected chi connectivity index (χ4v) is 2.85. The molecule has 2 rings (SSSR count). The highest BCUT2D eigenvalue weighted by Gasteiger charge is 2.10. The summed E-state index contributed by atoms with van der Waals surface area (Å²) in [7, 11) is 1.62. The Labute approximate surface area is 115 Å². The highest BCUT2D eigenvalue weighted by atomic mass is 35.5. The fourth-order valence-electron chi connectivity index (χ4n) is 1.76. The first-order chi connectivity index (χ1) is 8.60. The van der Waals surface area contributed by atoms with Gasteiger partial charge in [0.15, 0.2) is 5.78 Å². The Balaban J connectivity index is 2.16. The van der Waals surface area contributed by atoms with Crippen molar-refractivity contribution in [1.82, 2.24) is 0 Å². The van der Waals surface area contributed by atoms with Gasteiger partial charge in [0.05, 0.1) is 11.4 Å². The Morgan fingerprint density at radius 2 is 2.11 bits per heavy atom. The molecule has 1 heterocycles. The van der Waals surface area contributed by atoms with E-state index in [0.717, 1.165) is 16.2 Å². The van der Waals surface area contributed by atoms with Gasteiger partial charge in [0, 0.05) is 16.9 Å². The van der Waals surface area contributed by atoms with Gasteiger partial charge in [-0.05, 0) is 42.8 Å². The van der Waals surface area contributed by atoms with Gasteiger partial charge in [0.25, 0.3) is 0 Å². The van der Waals surface area contributed by atoms with Crippen molar-refractivity contribution in [1.29, 1.82) is 0 Å². The summed E-state index contributed by atoms with van der Waals surface area (Å²) in [4.78, 5) is 13.1. The minimum atomic E-state index is 0.0965. The number of methoxy groups -OCH3 is 1. The van der Waals surface area contributed by atoms with Crippen molar-refractivity contribution >= 4 is 28.7 Å². The van der Waals surface area contributed by atoms with E-state index in [0.29, 0.717) is 16.3 Å². The van der Waals surface area contributed by atoms with Gasteiger partial charge in [-0.3, -0.25) is 4.79 Å². The van der Waals surface area contributed by atoms with Crippen LogP contribution in [0.1, 0.15) is 20.8 Å². The maximum atomic E-state index is 12.1. The zero-order chi connectivity index (χ0) is 13.1. The molecule has 0 amide bonds. The molecule has 0 unspecified atom stereocenters. The Bertz CT molecular complexity index is 575. The van der Waals surface area contributed by atoms with Crippen LogP contribution in [0.3, 0.4) is 0 Å². The van der Waals surface area contributed by atoms with E-state index < -0.39 is 0 Å². The number of ketones is 1. The molecule has 0 radical (unpaired) electrons. The molecule has 0 atom stereocenters. The van der Waals surface area contributed by atoms with Gasteiger partial charge in [-0.15, -0.1) is 11.3 Å². The van der Waals surface area contributed by atoms with Crippen LogP contribution in [0.4, 0.5) is 0 Å². The molecule has 0 saturated heterocycles. The molecule has 1 aromatic carbocycles. The largest absolute Gasteiger partial charge is 0.496 e. The molecule has 0 fully saturated rings. The summed E-state index contributed by atoms with van der Waals surface area (Å²) in [5.41, 5.74) is 1.67. The summed E-state index contributed by atoms with van der Waals surface area (Å²) < 4.78 is 5.89. The third-order valence-electron chi connectivity index (χ3n) is 2.68. The summed E-state index contributed by atoms with van der Waals surface area (Å²) >= 11 is 7.29. The number of Topliss-reactive ketones (excluding diaryl/α,β-unsaturated/α-hetero) is 1. The number of ether oxygens (including phenoxy) is 1. The maximum Gasteiger partial charge on any atom is 0.168 e. The Morgan fingerprint density at radius 1 is 1.33 bits per heavy atom. The van der Waals surface area contributed by atoms with E-state index in [2.05, 4.69) is 0 Å². The van der Waals surface area contributed by atoms with Crippen LogP contribution in [-0.2, 0) is 6.42 Å². The molecule has 2 nitrogen and oxygen atoms in total. The number of thiophene rings is 1. The normalized spacial score (nSPS) is 10.4. The number of hydrogen-bond donors (Lipinski definition) is 0. The second kappa shape index (κ2) is 5.55. The Hall–Kier alpha value is -1.32. The second-order valence-electron chi connectivity index (χ2n) is 3.99. The number of benzene rings is 1. The van der Waals surface area contributed by atoms with Crippen LogP contribution in [0.25, 0.3) is 0 Å². The van der Waals surface area contributed by atoms with E-state index in [9.17, 15) is 4.79 Å². The SMILES string of the molecule is COc1ccc(C(=O)Cc2ccc(Cl)s2)cc1C. The third kappa shape index (κ3) is 2.92. The summed E-state index contributed by atoms with van der Waals surface area (Å²) in [6.45, 7) is 1.93. The van der Waals surface area contributed by atoms with Crippen LogP contribution in [0, 0.1) is 6.92 Å². The molecule has 0 N–H and O–H groups in total. The highest BCUT2D eigenvalue weighted by Crippen LogP contribution is 2.24. The summed E-state index contributed by atoms with van der Waals surface area (Å²) in [5.74, 6) is 0.894. The first-order valence-corrected chi connectivity index (χ1v) is 6.71. The van der Waals surface area contributed by atoms with Crippen LogP contribution in [0.5, 0.6) is 5.75 Å². The molecule has 0 aliphatic heterocycles. The molecule has 0 saturated carbocycles. The third-order valence-corrected chi connectivity index (χ3v) is 3.91. The van der Waals surface area contributed by atoms with Crippen LogP contribution < -0.4 is 4.74 Å². The van der Waals surface area contributed by atoms with Crippen molar-refractivity contribution in [2.24, 2.45) is 0 Å². The summed E-state index contributed by atoms with van der Waals surface area (Å²) in [6.07, 6.45) is 0.392. The predicted octanol–water partition coefficient (Wildman–Crippen LogP) is 4.14. The monoisotopic (exact) mass is 280 g/mol. The van der Waals surface area contributed by atoms with E-state index in [4.69, 9.17) is 16.3 Å². The number of aryl methyl sites for hydroxylation is 1. The molecular formula is C14H13ClO2S. The van der Waals surface area contributed by atoms with Gasteiger partial charge < -0.3 is 4.74 Å². The molecule has 0 aliphatic rings. The number of carbonyl (C=O) groups excluding carboxylic acids is 1. The van der Waals surface area contributed by atoms with E-state index in [-0.39, 0.29) is 5.78 Å². The summed E-state index contributed by atoms with van der Waals surface area (Å²) in [5, 5.41) is 0. The molecule has 94 valence electrons. The molecule has 0 spiro atoms. The van der Waals surface area contributed by atoms with Gasteiger partial charge in [0.1, 0.15) is 5.75 Å². The second-order valence-corrected chi connectivity index (χ2v) is 5.79.